The van der Waals surface area contributed by atoms with Gasteiger partial charge in [-0.2, -0.15) is 0 Å². The van der Waals surface area contributed by atoms with Crippen LogP contribution in [0.5, 0.6) is 5.75 Å². The summed E-state index contributed by atoms with van der Waals surface area (Å²) < 4.78 is 11.4. The molecule has 106 valence electrons. The fourth-order valence-corrected chi connectivity index (χ4v) is 2.29. The zero-order chi connectivity index (χ0) is 13.7. The molecule has 1 aromatic carbocycles. The van der Waals surface area contributed by atoms with Crippen LogP contribution in [0.25, 0.3) is 0 Å². The summed E-state index contributed by atoms with van der Waals surface area (Å²) in [6.07, 6.45) is 0.186. The summed E-state index contributed by atoms with van der Waals surface area (Å²) in [5.41, 5.74) is 1.13. The molecule has 1 aliphatic rings. The van der Waals surface area contributed by atoms with Gasteiger partial charge in [-0.05, 0) is 26.0 Å². The van der Waals surface area contributed by atoms with Gasteiger partial charge in [-0.3, -0.25) is 0 Å². The highest BCUT2D eigenvalue weighted by atomic mass is 16.5. The monoisotopic (exact) mass is 264 g/mol. The highest BCUT2D eigenvalue weighted by Gasteiger charge is 2.17. The SMILES string of the molecule is CC(C)Oc1ccccc1N(C)CC1COCCN1. The van der Waals surface area contributed by atoms with Crippen LogP contribution in [-0.4, -0.2) is 45.5 Å². The first-order valence-electron chi connectivity index (χ1n) is 6.95. The standard InChI is InChI=1S/C15H24N2O2/c1-12(2)19-15-7-5-4-6-14(15)17(3)10-13-11-18-9-8-16-13/h4-7,12-13,16H,8-11H2,1-3H3. The Morgan fingerprint density at radius 3 is 2.89 bits per heavy atom. The maximum Gasteiger partial charge on any atom is 0.142 e. The van der Waals surface area contributed by atoms with E-state index in [2.05, 4.69) is 23.3 Å². The van der Waals surface area contributed by atoms with Crippen molar-refractivity contribution in [2.24, 2.45) is 0 Å². The van der Waals surface area contributed by atoms with Gasteiger partial charge in [0, 0.05) is 26.2 Å². The smallest absolute Gasteiger partial charge is 0.142 e. The molecule has 1 fully saturated rings. The van der Waals surface area contributed by atoms with E-state index in [9.17, 15) is 0 Å². The second-order valence-electron chi connectivity index (χ2n) is 5.24. The van der Waals surface area contributed by atoms with Crippen LogP contribution < -0.4 is 15.0 Å². The number of likely N-dealkylation sites (N-methyl/N-ethyl adjacent to an activating group) is 1. The Kier molecular flexibility index (Phi) is 5.05. The number of hydrogen-bond acceptors (Lipinski definition) is 4. The van der Waals surface area contributed by atoms with Crippen molar-refractivity contribution in [1.29, 1.82) is 0 Å². The Balaban J connectivity index is 2.02. The quantitative estimate of drug-likeness (QED) is 0.880. The number of para-hydroxylation sites is 2. The minimum absolute atomic E-state index is 0.186. The topological polar surface area (TPSA) is 33.7 Å². The van der Waals surface area contributed by atoms with Crippen LogP contribution in [0.4, 0.5) is 5.69 Å². The van der Waals surface area contributed by atoms with Gasteiger partial charge in [0.25, 0.3) is 0 Å². The van der Waals surface area contributed by atoms with Crippen LogP contribution in [0.1, 0.15) is 13.8 Å². The van der Waals surface area contributed by atoms with Crippen molar-refractivity contribution in [3.05, 3.63) is 24.3 Å². The summed E-state index contributed by atoms with van der Waals surface area (Å²) in [5, 5.41) is 3.47. The number of nitrogens with one attached hydrogen (secondary N) is 1. The Morgan fingerprint density at radius 1 is 1.42 bits per heavy atom. The first-order valence-corrected chi connectivity index (χ1v) is 6.95. The van der Waals surface area contributed by atoms with Crippen molar-refractivity contribution >= 4 is 5.69 Å². The Hall–Kier alpha value is -1.26. The summed E-state index contributed by atoms with van der Waals surface area (Å²) in [6.45, 7) is 7.53. The van der Waals surface area contributed by atoms with Gasteiger partial charge in [0.1, 0.15) is 5.75 Å². The van der Waals surface area contributed by atoms with Crippen molar-refractivity contribution in [2.45, 2.75) is 26.0 Å². The Morgan fingerprint density at radius 2 is 2.21 bits per heavy atom. The minimum Gasteiger partial charge on any atom is -0.489 e. The zero-order valence-electron chi connectivity index (χ0n) is 12.1. The lowest BCUT2D eigenvalue weighted by atomic mass is 10.2. The first-order chi connectivity index (χ1) is 9.16. The van der Waals surface area contributed by atoms with Crippen LogP contribution >= 0.6 is 0 Å². The number of benzene rings is 1. The van der Waals surface area contributed by atoms with Crippen LogP contribution in [-0.2, 0) is 4.74 Å². The molecular formula is C15H24N2O2. The number of ether oxygens (including phenoxy) is 2. The molecule has 0 bridgehead atoms. The van der Waals surface area contributed by atoms with E-state index in [1.165, 1.54) is 0 Å². The molecule has 2 rings (SSSR count). The predicted octanol–water partition coefficient (Wildman–Crippen LogP) is 1.90. The summed E-state index contributed by atoms with van der Waals surface area (Å²) >= 11 is 0. The first kappa shape index (κ1) is 14.2. The number of rotatable bonds is 5. The number of morpholine rings is 1. The molecule has 1 aromatic rings. The molecule has 0 radical (unpaired) electrons. The van der Waals surface area contributed by atoms with Gasteiger partial charge in [0.05, 0.1) is 25.0 Å². The second-order valence-corrected chi connectivity index (χ2v) is 5.24. The van der Waals surface area contributed by atoms with E-state index in [4.69, 9.17) is 9.47 Å². The average Bonchev–Trinajstić information content (AvgIpc) is 2.39. The van der Waals surface area contributed by atoms with Crippen LogP contribution in [0.15, 0.2) is 24.3 Å². The van der Waals surface area contributed by atoms with Gasteiger partial charge in [-0.25, -0.2) is 0 Å². The molecule has 1 saturated heterocycles. The van der Waals surface area contributed by atoms with Crippen LogP contribution in [0.3, 0.4) is 0 Å². The van der Waals surface area contributed by atoms with Crippen molar-refractivity contribution < 1.29 is 9.47 Å². The van der Waals surface area contributed by atoms with E-state index in [1.54, 1.807) is 0 Å². The molecule has 0 amide bonds. The second kappa shape index (κ2) is 6.78. The largest absolute Gasteiger partial charge is 0.489 e. The lowest BCUT2D eigenvalue weighted by Crippen LogP contribution is -2.47. The molecule has 0 saturated carbocycles. The van der Waals surface area contributed by atoms with Crippen molar-refractivity contribution in [1.82, 2.24) is 5.32 Å². The summed E-state index contributed by atoms with van der Waals surface area (Å²) in [6, 6.07) is 8.56. The van der Waals surface area contributed by atoms with Crippen molar-refractivity contribution in [2.75, 3.05) is 38.3 Å². The third kappa shape index (κ3) is 4.11. The molecule has 4 nitrogen and oxygen atoms in total. The zero-order valence-corrected chi connectivity index (χ0v) is 12.1. The molecule has 19 heavy (non-hydrogen) atoms. The van der Waals surface area contributed by atoms with Crippen LogP contribution in [0.2, 0.25) is 0 Å². The fraction of sp³-hybridized carbons (Fsp3) is 0.600. The van der Waals surface area contributed by atoms with E-state index in [-0.39, 0.29) is 6.10 Å². The molecule has 0 spiro atoms. The summed E-state index contributed by atoms with van der Waals surface area (Å²) in [7, 11) is 2.10. The molecule has 1 unspecified atom stereocenters. The minimum atomic E-state index is 0.186. The van der Waals surface area contributed by atoms with Gasteiger partial charge in [-0.1, -0.05) is 12.1 Å². The van der Waals surface area contributed by atoms with Gasteiger partial charge < -0.3 is 19.7 Å². The molecule has 1 heterocycles. The molecular weight excluding hydrogens is 240 g/mol. The molecule has 0 aromatic heterocycles. The highest BCUT2D eigenvalue weighted by Crippen LogP contribution is 2.28. The maximum absolute atomic E-state index is 5.86. The number of anilines is 1. The van der Waals surface area contributed by atoms with Gasteiger partial charge in [0.2, 0.25) is 0 Å². The molecule has 1 atom stereocenters. The van der Waals surface area contributed by atoms with E-state index < -0.39 is 0 Å². The van der Waals surface area contributed by atoms with Crippen LogP contribution in [0, 0.1) is 0 Å². The van der Waals surface area contributed by atoms with E-state index >= 15 is 0 Å². The molecule has 0 aliphatic carbocycles. The lowest BCUT2D eigenvalue weighted by molar-refractivity contribution is 0.0790. The van der Waals surface area contributed by atoms with Gasteiger partial charge in [0.15, 0.2) is 0 Å². The fourth-order valence-electron chi connectivity index (χ4n) is 2.29. The van der Waals surface area contributed by atoms with Crippen molar-refractivity contribution in [3.63, 3.8) is 0 Å². The Bertz CT molecular complexity index is 389. The number of nitrogens with zero attached hydrogens (tertiary/aromatic N) is 1. The normalized spacial score (nSPS) is 19.5. The van der Waals surface area contributed by atoms with Gasteiger partial charge >= 0.3 is 0 Å². The summed E-state index contributed by atoms with van der Waals surface area (Å²) in [4.78, 5) is 2.23. The maximum atomic E-state index is 5.86. The highest BCUT2D eigenvalue weighted by molar-refractivity contribution is 5.58. The molecule has 1 N–H and O–H groups in total. The van der Waals surface area contributed by atoms with E-state index in [0.29, 0.717) is 6.04 Å². The number of hydrogen-bond donors (Lipinski definition) is 1. The average molecular weight is 264 g/mol. The third-order valence-corrected chi connectivity index (χ3v) is 3.13. The van der Waals surface area contributed by atoms with Crippen molar-refractivity contribution in [3.8, 4) is 5.75 Å². The third-order valence-electron chi connectivity index (χ3n) is 3.13. The molecule has 4 heteroatoms. The Labute approximate surface area is 115 Å². The predicted molar refractivity (Wildman–Crippen MR) is 78.1 cm³/mol. The summed E-state index contributed by atoms with van der Waals surface area (Å²) in [5.74, 6) is 0.941. The van der Waals surface area contributed by atoms with E-state index in [1.807, 2.05) is 32.0 Å². The van der Waals surface area contributed by atoms with E-state index in [0.717, 1.165) is 37.7 Å². The van der Waals surface area contributed by atoms with Gasteiger partial charge in [-0.15, -0.1) is 0 Å². The lowest BCUT2D eigenvalue weighted by Gasteiger charge is -2.30. The molecule has 1 aliphatic heterocycles.